The summed E-state index contributed by atoms with van der Waals surface area (Å²) in [6.07, 6.45) is 1.03. The second-order valence-corrected chi connectivity index (χ2v) is 6.12. The van der Waals surface area contributed by atoms with E-state index < -0.39 is 5.97 Å². The minimum absolute atomic E-state index is 0.0223. The smallest absolute Gasteiger partial charge is 0.303 e. The van der Waals surface area contributed by atoms with Gasteiger partial charge in [0.2, 0.25) is 5.91 Å². The van der Waals surface area contributed by atoms with E-state index in [1.165, 1.54) is 0 Å². The summed E-state index contributed by atoms with van der Waals surface area (Å²) in [5.74, 6) is -1.11. The topological polar surface area (TPSA) is 66.4 Å². The second-order valence-electron chi connectivity index (χ2n) is 5.21. The number of amides is 1. The van der Waals surface area contributed by atoms with Gasteiger partial charge in [-0.25, -0.2) is 0 Å². The third kappa shape index (κ3) is 6.70. The van der Waals surface area contributed by atoms with Crippen molar-refractivity contribution in [1.82, 2.24) is 5.32 Å². The van der Waals surface area contributed by atoms with Crippen molar-refractivity contribution in [2.24, 2.45) is 5.92 Å². The zero-order valence-electron chi connectivity index (χ0n) is 11.7. The summed E-state index contributed by atoms with van der Waals surface area (Å²) in [4.78, 5) is 22.3. The molecule has 0 aliphatic heterocycles. The second kappa shape index (κ2) is 8.04. The molecule has 1 rings (SSSR count). The fourth-order valence-electron chi connectivity index (χ4n) is 2.05. The highest BCUT2D eigenvalue weighted by atomic mass is 79.9. The molecule has 0 spiro atoms. The van der Waals surface area contributed by atoms with Crippen molar-refractivity contribution in [3.63, 3.8) is 0 Å². The molecule has 5 heteroatoms. The Morgan fingerprint density at radius 2 is 1.80 bits per heavy atom. The standard InChI is InChI=1S/C15H20BrNO3/c1-10(8-15(19)20)7-14(18)17-11(2)9-12-3-5-13(16)6-4-12/h3-6,10-11H,7-9H2,1-2H3,(H,17,18)(H,19,20). The molecule has 0 saturated heterocycles. The summed E-state index contributed by atoms with van der Waals surface area (Å²) in [5, 5.41) is 11.6. The zero-order chi connectivity index (χ0) is 15.1. The Balaban J connectivity index is 2.37. The normalized spacial score (nSPS) is 13.6. The van der Waals surface area contributed by atoms with Gasteiger partial charge in [-0.1, -0.05) is 35.0 Å². The van der Waals surface area contributed by atoms with Gasteiger partial charge in [0.1, 0.15) is 0 Å². The highest BCUT2D eigenvalue weighted by Crippen LogP contribution is 2.12. The van der Waals surface area contributed by atoms with Crippen LogP contribution in [0, 0.1) is 5.92 Å². The van der Waals surface area contributed by atoms with Gasteiger partial charge >= 0.3 is 5.97 Å². The van der Waals surface area contributed by atoms with Crippen molar-refractivity contribution in [2.75, 3.05) is 0 Å². The van der Waals surface area contributed by atoms with Crippen molar-refractivity contribution in [3.05, 3.63) is 34.3 Å². The van der Waals surface area contributed by atoms with Crippen LogP contribution in [0.15, 0.2) is 28.7 Å². The molecule has 0 aromatic heterocycles. The van der Waals surface area contributed by atoms with Crippen LogP contribution in [0.3, 0.4) is 0 Å². The van der Waals surface area contributed by atoms with Gasteiger partial charge in [-0.05, 0) is 37.0 Å². The van der Waals surface area contributed by atoms with Crippen LogP contribution in [-0.2, 0) is 16.0 Å². The number of benzene rings is 1. The quantitative estimate of drug-likeness (QED) is 0.801. The largest absolute Gasteiger partial charge is 0.481 e. The van der Waals surface area contributed by atoms with Crippen molar-refractivity contribution < 1.29 is 14.7 Å². The first-order valence-corrected chi connectivity index (χ1v) is 7.41. The summed E-state index contributed by atoms with van der Waals surface area (Å²) < 4.78 is 1.03. The fraction of sp³-hybridized carbons (Fsp3) is 0.467. The van der Waals surface area contributed by atoms with E-state index in [0.29, 0.717) is 0 Å². The van der Waals surface area contributed by atoms with Gasteiger partial charge in [0.05, 0.1) is 0 Å². The van der Waals surface area contributed by atoms with Crippen LogP contribution in [0.1, 0.15) is 32.3 Å². The molecule has 1 amide bonds. The molecule has 20 heavy (non-hydrogen) atoms. The minimum Gasteiger partial charge on any atom is -0.481 e. The number of carboxylic acids is 1. The van der Waals surface area contributed by atoms with Gasteiger partial charge in [-0.15, -0.1) is 0 Å². The highest BCUT2D eigenvalue weighted by molar-refractivity contribution is 9.10. The molecule has 110 valence electrons. The SMILES string of the molecule is CC(CC(=O)O)CC(=O)NC(C)Cc1ccc(Br)cc1. The lowest BCUT2D eigenvalue weighted by molar-refractivity contribution is -0.138. The van der Waals surface area contributed by atoms with E-state index in [-0.39, 0.29) is 30.7 Å². The number of nitrogens with one attached hydrogen (secondary N) is 1. The summed E-state index contributed by atoms with van der Waals surface area (Å²) in [5.41, 5.74) is 1.15. The Kier molecular flexibility index (Phi) is 6.71. The molecule has 0 heterocycles. The first-order valence-electron chi connectivity index (χ1n) is 6.62. The van der Waals surface area contributed by atoms with E-state index in [1.54, 1.807) is 6.92 Å². The average molecular weight is 342 g/mol. The van der Waals surface area contributed by atoms with E-state index >= 15 is 0 Å². The predicted octanol–water partition coefficient (Wildman–Crippen LogP) is 3.00. The molecule has 2 atom stereocenters. The van der Waals surface area contributed by atoms with Gasteiger partial charge in [0.25, 0.3) is 0 Å². The van der Waals surface area contributed by atoms with E-state index in [9.17, 15) is 9.59 Å². The lowest BCUT2D eigenvalue weighted by Gasteiger charge is -2.15. The molecule has 2 unspecified atom stereocenters. The number of hydrogen-bond acceptors (Lipinski definition) is 2. The van der Waals surface area contributed by atoms with Crippen LogP contribution in [0.25, 0.3) is 0 Å². The number of carbonyl (C=O) groups excluding carboxylic acids is 1. The molecule has 1 aromatic carbocycles. The first kappa shape index (κ1) is 16.7. The molecule has 0 radical (unpaired) electrons. The molecular formula is C15H20BrNO3. The lowest BCUT2D eigenvalue weighted by atomic mass is 10.0. The summed E-state index contributed by atoms with van der Waals surface area (Å²) in [6, 6.07) is 8.00. The minimum atomic E-state index is -0.867. The van der Waals surface area contributed by atoms with Gasteiger partial charge in [-0.3, -0.25) is 9.59 Å². The third-order valence-corrected chi connectivity index (χ3v) is 3.45. The van der Waals surface area contributed by atoms with E-state index in [0.717, 1.165) is 16.5 Å². The maximum atomic E-state index is 11.8. The maximum Gasteiger partial charge on any atom is 0.303 e. The average Bonchev–Trinajstić information content (AvgIpc) is 2.30. The number of hydrogen-bond donors (Lipinski definition) is 2. The maximum absolute atomic E-state index is 11.8. The third-order valence-electron chi connectivity index (χ3n) is 2.92. The lowest BCUT2D eigenvalue weighted by Crippen LogP contribution is -2.35. The van der Waals surface area contributed by atoms with Crippen molar-refractivity contribution in [1.29, 1.82) is 0 Å². The van der Waals surface area contributed by atoms with Gasteiger partial charge in [0, 0.05) is 23.4 Å². The molecule has 0 aliphatic carbocycles. The number of halogens is 1. The Bertz CT molecular complexity index is 459. The number of rotatable bonds is 7. The summed E-state index contributed by atoms with van der Waals surface area (Å²) in [7, 11) is 0. The number of carbonyl (C=O) groups is 2. The van der Waals surface area contributed by atoms with E-state index in [2.05, 4.69) is 21.2 Å². The van der Waals surface area contributed by atoms with Crippen molar-refractivity contribution >= 4 is 27.8 Å². The molecule has 1 aromatic rings. The molecule has 0 saturated carbocycles. The Morgan fingerprint density at radius 1 is 1.20 bits per heavy atom. The molecule has 4 nitrogen and oxygen atoms in total. The predicted molar refractivity (Wildman–Crippen MR) is 81.5 cm³/mol. The van der Waals surface area contributed by atoms with Gasteiger partial charge in [-0.2, -0.15) is 0 Å². The van der Waals surface area contributed by atoms with Crippen molar-refractivity contribution in [3.8, 4) is 0 Å². The monoisotopic (exact) mass is 341 g/mol. The summed E-state index contributed by atoms with van der Waals surface area (Å²) >= 11 is 3.38. The van der Waals surface area contributed by atoms with Crippen LogP contribution in [0.4, 0.5) is 0 Å². The van der Waals surface area contributed by atoms with Crippen LogP contribution in [-0.4, -0.2) is 23.0 Å². The van der Waals surface area contributed by atoms with Crippen LogP contribution in [0.5, 0.6) is 0 Å². The van der Waals surface area contributed by atoms with E-state index in [4.69, 9.17) is 5.11 Å². The Hall–Kier alpha value is -1.36. The van der Waals surface area contributed by atoms with E-state index in [1.807, 2.05) is 31.2 Å². The summed E-state index contributed by atoms with van der Waals surface area (Å²) in [6.45, 7) is 3.72. The number of carboxylic acid groups (broad SMARTS) is 1. The van der Waals surface area contributed by atoms with Crippen LogP contribution in [0.2, 0.25) is 0 Å². The zero-order valence-corrected chi connectivity index (χ0v) is 13.3. The Morgan fingerprint density at radius 3 is 2.35 bits per heavy atom. The first-order chi connectivity index (χ1) is 9.36. The Labute approximate surface area is 127 Å². The highest BCUT2D eigenvalue weighted by Gasteiger charge is 2.14. The van der Waals surface area contributed by atoms with Crippen LogP contribution >= 0.6 is 15.9 Å². The van der Waals surface area contributed by atoms with Gasteiger partial charge in [0.15, 0.2) is 0 Å². The molecule has 0 fully saturated rings. The van der Waals surface area contributed by atoms with Crippen LogP contribution < -0.4 is 5.32 Å². The molecule has 0 bridgehead atoms. The number of aliphatic carboxylic acids is 1. The van der Waals surface area contributed by atoms with Gasteiger partial charge < -0.3 is 10.4 Å². The van der Waals surface area contributed by atoms with Crippen molar-refractivity contribution in [2.45, 2.75) is 39.2 Å². The fourth-order valence-corrected chi connectivity index (χ4v) is 2.31. The molecule has 2 N–H and O–H groups in total. The molecule has 0 aliphatic rings. The molecular weight excluding hydrogens is 322 g/mol.